The Kier molecular flexibility index (Phi) is 46.3. The summed E-state index contributed by atoms with van der Waals surface area (Å²) in [4.78, 5) is 13.1. The molecule has 1 heterocycles. The smallest absolute Gasteiger partial charge is 0.249 e. The summed E-state index contributed by atoms with van der Waals surface area (Å²) in [5, 5.41) is 76.0. The molecule has 0 saturated carbocycles. The minimum absolute atomic E-state index is 0.234. The van der Waals surface area contributed by atoms with Gasteiger partial charge < -0.3 is 50.5 Å². The van der Waals surface area contributed by atoms with Crippen molar-refractivity contribution in [3.8, 4) is 0 Å². The number of ether oxygens (including phenoxy) is 2. The van der Waals surface area contributed by atoms with Gasteiger partial charge in [0.05, 0.1) is 25.4 Å². The summed E-state index contributed by atoms with van der Waals surface area (Å²) in [6, 6.07) is -1.20. The number of carbonyl (C=O) groups is 1. The summed E-state index contributed by atoms with van der Waals surface area (Å²) in [6.45, 7) is 3.43. The van der Waals surface area contributed by atoms with Crippen LogP contribution >= 0.6 is 0 Å². The van der Waals surface area contributed by atoms with Gasteiger partial charge in [-0.05, 0) is 89.9 Å². The largest absolute Gasteiger partial charge is 0.394 e. The predicted molar refractivity (Wildman–Crippen MR) is 293 cm³/mol. The van der Waals surface area contributed by atoms with Crippen LogP contribution in [0.5, 0.6) is 0 Å². The summed E-state index contributed by atoms with van der Waals surface area (Å²) >= 11 is 0. The van der Waals surface area contributed by atoms with E-state index in [0.29, 0.717) is 19.3 Å². The van der Waals surface area contributed by atoms with E-state index in [1.165, 1.54) is 154 Å². The molecule has 0 aromatic carbocycles. The van der Waals surface area contributed by atoms with Gasteiger partial charge in [0, 0.05) is 0 Å². The van der Waals surface area contributed by atoms with Gasteiger partial charge in [-0.3, -0.25) is 4.79 Å². The Morgan fingerprint density at radius 3 is 1.25 bits per heavy atom. The Bertz CT molecular complexity index is 1290. The molecule has 0 spiro atoms. The zero-order valence-corrected chi connectivity index (χ0v) is 45.5. The predicted octanol–water partition coefficient (Wildman–Crippen LogP) is 12.5. The minimum Gasteiger partial charge on any atom is -0.394 e. The van der Waals surface area contributed by atoms with E-state index in [1.807, 2.05) is 0 Å². The maximum absolute atomic E-state index is 13.1. The van der Waals surface area contributed by atoms with E-state index >= 15 is 0 Å². The highest BCUT2D eigenvalue weighted by atomic mass is 16.7. The van der Waals surface area contributed by atoms with E-state index in [0.717, 1.165) is 57.8 Å². The average molecular weight is 1010 g/mol. The van der Waals surface area contributed by atoms with Gasteiger partial charge in [-0.15, -0.1) is 0 Å². The number of nitrogens with one attached hydrogen (secondary N) is 1. The summed E-state index contributed by atoms with van der Waals surface area (Å²) in [7, 11) is 0. The van der Waals surface area contributed by atoms with Gasteiger partial charge in [-0.1, -0.05) is 217 Å². The fraction of sp³-hybridized carbons (Fsp3) is 0.850. The summed E-state index contributed by atoms with van der Waals surface area (Å²) in [6.07, 6.45) is 50.4. The molecule has 1 aliphatic rings. The second-order valence-electron chi connectivity index (χ2n) is 20.7. The molecule has 0 bridgehead atoms. The molecule has 0 aromatic heterocycles. The third-order valence-corrected chi connectivity index (χ3v) is 14.1. The van der Waals surface area contributed by atoms with Crippen LogP contribution in [-0.2, 0) is 14.3 Å². The van der Waals surface area contributed by atoms with Crippen LogP contribution in [0.4, 0.5) is 0 Å². The van der Waals surface area contributed by atoms with Crippen LogP contribution in [0.3, 0.4) is 0 Å². The van der Waals surface area contributed by atoms with E-state index in [9.17, 15) is 40.5 Å². The molecule has 71 heavy (non-hydrogen) atoms. The molecule has 416 valence electrons. The van der Waals surface area contributed by atoms with Crippen molar-refractivity contribution >= 4 is 5.91 Å². The van der Waals surface area contributed by atoms with Crippen LogP contribution in [0.1, 0.15) is 258 Å². The lowest BCUT2D eigenvalue weighted by Gasteiger charge is -2.40. The molecule has 0 radical (unpaired) electrons. The average Bonchev–Trinajstić information content (AvgIpc) is 3.37. The van der Waals surface area contributed by atoms with E-state index in [2.05, 4.69) is 67.8 Å². The molecule has 9 unspecified atom stereocenters. The second-order valence-corrected chi connectivity index (χ2v) is 20.7. The maximum atomic E-state index is 13.1. The zero-order chi connectivity index (χ0) is 51.8. The highest BCUT2D eigenvalue weighted by Gasteiger charge is 2.44. The van der Waals surface area contributed by atoms with Gasteiger partial charge >= 0.3 is 0 Å². The first-order chi connectivity index (χ1) is 34.7. The van der Waals surface area contributed by atoms with Gasteiger partial charge in [-0.2, -0.15) is 0 Å². The molecule has 9 atom stereocenters. The van der Waals surface area contributed by atoms with Crippen LogP contribution in [-0.4, -0.2) is 110 Å². The van der Waals surface area contributed by atoms with E-state index in [-0.39, 0.29) is 12.8 Å². The Balaban J connectivity index is 2.32. The van der Waals surface area contributed by atoms with Crippen molar-refractivity contribution in [2.45, 2.75) is 313 Å². The van der Waals surface area contributed by atoms with Crippen LogP contribution in [0.15, 0.2) is 48.6 Å². The standard InChI is InChI=1S/C60H111NO10/c1-3-5-7-9-11-13-15-17-19-20-21-22-23-24-25-26-27-28-29-30-31-32-34-35-37-39-41-43-45-47-52(63)55(65)51(50-70-60-58(68)57(67)56(66)54(49-62)71-60)61-59(69)53(64)48-46-44-42-40-38-36-33-18-16-14-12-10-8-6-4-2/h28-29,32-34,36,39,41,51-58,60,62-68H,3-27,30-31,35,37-38,40,42-50H2,1-2H3,(H,61,69)/b29-28+,34-32+,36-33-,41-39+. The molecule has 8 N–H and O–H groups in total. The van der Waals surface area contributed by atoms with Crippen LogP contribution in [0.2, 0.25) is 0 Å². The molecule has 11 nitrogen and oxygen atoms in total. The molecule has 0 aliphatic carbocycles. The first kappa shape index (κ1) is 67.1. The Morgan fingerprint density at radius 2 is 0.845 bits per heavy atom. The van der Waals surface area contributed by atoms with Crippen molar-refractivity contribution in [2.75, 3.05) is 13.2 Å². The SMILES string of the molecule is CCCCCCCCC/C=C\CCCCCCC(O)C(=O)NC(COC1OC(CO)C(O)C(O)C1O)C(O)C(O)CCC/C=C/CC/C=C/CC/C=C/CCCCCCCCCCCCCCCCCC. The molecular formula is C60H111NO10. The lowest BCUT2D eigenvalue weighted by molar-refractivity contribution is -0.303. The summed E-state index contributed by atoms with van der Waals surface area (Å²) in [5.41, 5.74) is 0. The lowest BCUT2D eigenvalue weighted by atomic mass is 9.98. The highest BCUT2D eigenvalue weighted by molar-refractivity contribution is 5.80. The van der Waals surface area contributed by atoms with Crippen molar-refractivity contribution in [1.29, 1.82) is 0 Å². The minimum atomic E-state index is -1.68. The van der Waals surface area contributed by atoms with E-state index in [1.54, 1.807) is 0 Å². The normalized spacial score (nSPS) is 20.5. The van der Waals surface area contributed by atoms with Gasteiger partial charge in [-0.25, -0.2) is 0 Å². The second kappa shape index (κ2) is 49.0. The number of aliphatic hydroxyl groups is 7. The van der Waals surface area contributed by atoms with E-state index < -0.39 is 74.2 Å². The van der Waals surface area contributed by atoms with E-state index in [4.69, 9.17) is 9.47 Å². The number of allylic oxidation sites excluding steroid dienone is 8. The summed E-state index contributed by atoms with van der Waals surface area (Å²) in [5.74, 6) is -0.721. The molecule has 0 aromatic rings. The van der Waals surface area contributed by atoms with Crippen LogP contribution in [0.25, 0.3) is 0 Å². The van der Waals surface area contributed by atoms with Crippen molar-refractivity contribution in [1.82, 2.24) is 5.32 Å². The number of rotatable bonds is 50. The third-order valence-electron chi connectivity index (χ3n) is 14.1. The first-order valence-electron chi connectivity index (χ1n) is 29.5. The van der Waals surface area contributed by atoms with Crippen molar-refractivity contribution in [3.63, 3.8) is 0 Å². The number of hydrogen-bond acceptors (Lipinski definition) is 10. The van der Waals surface area contributed by atoms with Gasteiger partial charge in [0.25, 0.3) is 0 Å². The molecule has 1 rings (SSSR count). The van der Waals surface area contributed by atoms with Crippen LogP contribution in [0, 0.1) is 0 Å². The topological polar surface area (TPSA) is 189 Å². The highest BCUT2D eigenvalue weighted by Crippen LogP contribution is 2.23. The third kappa shape index (κ3) is 37.5. The van der Waals surface area contributed by atoms with Crippen molar-refractivity contribution in [3.05, 3.63) is 48.6 Å². The quantitative estimate of drug-likeness (QED) is 0.0215. The Hall–Kier alpha value is -1.93. The fourth-order valence-electron chi connectivity index (χ4n) is 9.23. The Morgan fingerprint density at radius 1 is 0.479 bits per heavy atom. The molecular weight excluding hydrogens is 895 g/mol. The molecule has 1 amide bonds. The Labute approximate surface area is 434 Å². The number of unbranched alkanes of at least 4 members (excludes halogenated alkanes) is 30. The van der Waals surface area contributed by atoms with Crippen molar-refractivity contribution in [2.24, 2.45) is 0 Å². The number of amides is 1. The maximum Gasteiger partial charge on any atom is 0.249 e. The first-order valence-corrected chi connectivity index (χ1v) is 29.5. The zero-order valence-electron chi connectivity index (χ0n) is 45.5. The fourth-order valence-corrected chi connectivity index (χ4v) is 9.23. The van der Waals surface area contributed by atoms with Gasteiger partial charge in [0.15, 0.2) is 6.29 Å². The lowest BCUT2D eigenvalue weighted by Crippen LogP contribution is -2.60. The van der Waals surface area contributed by atoms with Crippen LogP contribution < -0.4 is 5.32 Å². The number of carbonyl (C=O) groups excluding carboxylic acids is 1. The number of aliphatic hydroxyl groups excluding tert-OH is 7. The van der Waals surface area contributed by atoms with Gasteiger partial charge in [0.1, 0.15) is 36.6 Å². The molecule has 11 heteroatoms. The van der Waals surface area contributed by atoms with Crippen molar-refractivity contribution < 1.29 is 50.0 Å². The van der Waals surface area contributed by atoms with Gasteiger partial charge in [0.2, 0.25) is 5.91 Å². The molecule has 1 aliphatic heterocycles. The molecule has 1 fully saturated rings. The number of hydrogen-bond donors (Lipinski definition) is 8. The summed E-state index contributed by atoms with van der Waals surface area (Å²) < 4.78 is 11.1. The monoisotopic (exact) mass is 1010 g/mol. The molecule has 1 saturated heterocycles.